The number of hydrogen-bond donors (Lipinski definition) is 2. The van der Waals surface area contributed by atoms with Crippen LogP contribution in [-0.2, 0) is 10.3 Å². The molecule has 0 radical (unpaired) electrons. The fourth-order valence-electron chi connectivity index (χ4n) is 1.43. The van der Waals surface area contributed by atoms with Crippen molar-refractivity contribution in [3.63, 3.8) is 0 Å². The number of alkyl carbamates (subject to hydrolysis) is 1. The molecule has 0 aliphatic carbocycles. The molecule has 0 spiro atoms. The molecule has 0 fully saturated rings. The first-order valence-electron chi connectivity index (χ1n) is 5.91. The van der Waals surface area contributed by atoms with E-state index >= 15 is 0 Å². The maximum atomic E-state index is 11.8. The number of carbonyl (C=O) groups excluding carboxylic acids is 1. The second-order valence-electron chi connectivity index (χ2n) is 5.46. The minimum Gasteiger partial charge on any atom is -0.444 e. The zero-order valence-electron chi connectivity index (χ0n) is 11.5. The van der Waals surface area contributed by atoms with Crippen LogP contribution in [0.5, 0.6) is 0 Å². The zero-order valence-corrected chi connectivity index (χ0v) is 13.1. The predicted molar refractivity (Wildman–Crippen MR) is 75.7 cm³/mol. The second-order valence-corrected chi connectivity index (χ2v) is 6.28. The maximum Gasteiger partial charge on any atom is 0.408 e. The van der Waals surface area contributed by atoms with Crippen molar-refractivity contribution in [1.82, 2.24) is 10.3 Å². The number of carbonyl (C=O) groups is 1. The largest absolute Gasteiger partial charge is 0.444 e. The molecule has 0 aliphatic rings. The van der Waals surface area contributed by atoms with Gasteiger partial charge in [-0.15, -0.1) is 0 Å². The monoisotopic (exact) mass is 330 g/mol. The molecule has 1 amide bonds. The molecule has 0 saturated carbocycles. The number of aliphatic hydroxyl groups excluding tert-OH is 1. The van der Waals surface area contributed by atoms with Gasteiger partial charge in [0.05, 0.1) is 12.3 Å². The quantitative estimate of drug-likeness (QED) is 0.835. The Bertz CT molecular complexity index is 459. The van der Waals surface area contributed by atoms with Crippen molar-refractivity contribution in [3.05, 3.63) is 28.5 Å². The van der Waals surface area contributed by atoms with Gasteiger partial charge in [-0.25, -0.2) is 9.78 Å². The second kappa shape index (κ2) is 5.88. The van der Waals surface area contributed by atoms with Gasteiger partial charge in [-0.3, -0.25) is 0 Å². The standard InChI is InChI=1S/C13H19BrN2O3/c1-12(2,3)19-11(18)16-13(4,8-17)9-6-5-7-10(14)15-9/h5-7,17H,8H2,1-4H3,(H,16,18). The Morgan fingerprint density at radius 3 is 2.53 bits per heavy atom. The summed E-state index contributed by atoms with van der Waals surface area (Å²) >= 11 is 3.26. The van der Waals surface area contributed by atoms with Gasteiger partial charge in [-0.1, -0.05) is 6.07 Å². The van der Waals surface area contributed by atoms with Gasteiger partial charge in [0.25, 0.3) is 0 Å². The van der Waals surface area contributed by atoms with Crippen LogP contribution in [0.4, 0.5) is 4.79 Å². The highest BCUT2D eigenvalue weighted by Gasteiger charge is 2.31. The van der Waals surface area contributed by atoms with Gasteiger partial charge in [0, 0.05) is 0 Å². The van der Waals surface area contributed by atoms with Crippen molar-refractivity contribution in [2.75, 3.05) is 6.61 Å². The number of rotatable bonds is 3. The van der Waals surface area contributed by atoms with Gasteiger partial charge in [-0.05, 0) is 55.8 Å². The van der Waals surface area contributed by atoms with Crippen LogP contribution in [-0.4, -0.2) is 28.4 Å². The molecule has 1 unspecified atom stereocenters. The predicted octanol–water partition coefficient (Wildman–Crippen LogP) is 2.58. The van der Waals surface area contributed by atoms with E-state index in [-0.39, 0.29) is 6.61 Å². The Labute approximate surface area is 121 Å². The van der Waals surface area contributed by atoms with Crippen molar-refractivity contribution in [3.8, 4) is 0 Å². The van der Waals surface area contributed by atoms with Gasteiger partial charge in [0.2, 0.25) is 0 Å². The van der Waals surface area contributed by atoms with E-state index in [1.54, 1.807) is 45.9 Å². The number of hydrogen-bond acceptors (Lipinski definition) is 4. The number of nitrogens with one attached hydrogen (secondary N) is 1. The summed E-state index contributed by atoms with van der Waals surface area (Å²) in [6.07, 6.45) is -0.592. The number of halogens is 1. The fraction of sp³-hybridized carbons (Fsp3) is 0.538. The van der Waals surface area contributed by atoms with Gasteiger partial charge in [0.15, 0.2) is 0 Å². The number of ether oxygens (including phenoxy) is 1. The van der Waals surface area contributed by atoms with Crippen LogP contribution in [0.1, 0.15) is 33.4 Å². The van der Waals surface area contributed by atoms with Crippen LogP contribution in [0.15, 0.2) is 22.8 Å². The highest BCUT2D eigenvalue weighted by atomic mass is 79.9. The Morgan fingerprint density at radius 2 is 2.05 bits per heavy atom. The number of nitrogens with zero attached hydrogens (tertiary/aromatic N) is 1. The minimum absolute atomic E-state index is 0.282. The molecule has 2 N–H and O–H groups in total. The first-order valence-corrected chi connectivity index (χ1v) is 6.71. The molecule has 1 rings (SSSR count). The van der Waals surface area contributed by atoms with E-state index in [9.17, 15) is 9.90 Å². The van der Waals surface area contributed by atoms with Crippen LogP contribution < -0.4 is 5.32 Å². The van der Waals surface area contributed by atoms with Gasteiger partial charge < -0.3 is 15.2 Å². The van der Waals surface area contributed by atoms with Gasteiger partial charge in [-0.2, -0.15) is 0 Å². The Balaban J connectivity index is 2.90. The van der Waals surface area contributed by atoms with Crippen LogP contribution in [0.25, 0.3) is 0 Å². The third kappa shape index (κ3) is 4.80. The molecule has 0 saturated heterocycles. The third-order valence-electron chi connectivity index (χ3n) is 2.37. The van der Waals surface area contributed by atoms with Crippen molar-refractivity contribution < 1.29 is 14.6 Å². The minimum atomic E-state index is -0.994. The average molecular weight is 331 g/mol. The smallest absolute Gasteiger partial charge is 0.408 e. The fourth-order valence-corrected chi connectivity index (χ4v) is 1.77. The van der Waals surface area contributed by atoms with Crippen LogP contribution in [0, 0.1) is 0 Å². The summed E-state index contributed by atoms with van der Waals surface area (Å²) in [7, 11) is 0. The van der Waals surface area contributed by atoms with E-state index in [0.717, 1.165) is 0 Å². The van der Waals surface area contributed by atoms with E-state index in [2.05, 4.69) is 26.2 Å². The third-order valence-corrected chi connectivity index (χ3v) is 2.82. The molecule has 1 aromatic rings. The zero-order chi connectivity index (χ0) is 14.7. The van der Waals surface area contributed by atoms with E-state index in [0.29, 0.717) is 10.3 Å². The van der Waals surface area contributed by atoms with E-state index < -0.39 is 17.2 Å². The molecule has 0 aliphatic heterocycles. The molecule has 0 bridgehead atoms. The van der Waals surface area contributed by atoms with Crippen LogP contribution in [0.2, 0.25) is 0 Å². The first kappa shape index (κ1) is 15.9. The van der Waals surface area contributed by atoms with Crippen molar-refractivity contribution in [2.45, 2.75) is 38.8 Å². The highest BCUT2D eigenvalue weighted by Crippen LogP contribution is 2.21. The molecule has 19 heavy (non-hydrogen) atoms. The molecule has 5 nitrogen and oxygen atoms in total. The van der Waals surface area contributed by atoms with Crippen LogP contribution in [0.3, 0.4) is 0 Å². The number of aromatic nitrogens is 1. The SMILES string of the molecule is CC(C)(C)OC(=O)NC(C)(CO)c1cccc(Br)n1. The normalized spacial score (nSPS) is 14.6. The van der Waals surface area contributed by atoms with E-state index in [1.165, 1.54) is 0 Å². The average Bonchev–Trinajstić information content (AvgIpc) is 2.26. The van der Waals surface area contributed by atoms with Crippen LogP contribution >= 0.6 is 15.9 Å². The summed E-state index contributed by atoms with van der Waals surface area (Å²) in [6.45, 7) is 6.74. The van der Waals surface area contributed by atoms with Crippen molar-refractivity contribution >= 4 is 22.0 Å². The molecular weight excluding hydrogens is 312 g/mol. The summed E-state index contributed by atoms with van der Waals surface area (Å²) in [6, 6.07) is 5.30. The summed E-state index contributed by atoms with van der Waals surface area (Å²) < 4.78 is 5.82. The van der Waals surface area contributed by atoms with Gasteiger partial charge in [0.1, 0.15) is 15.7 Å². The highest BCUT2D eigenvalue weighted by molar-refractivity contribution is 9.10. The molecular formula is C13H19BrN2O3. The lowest BCUT2D eigenvalue weighted by Gasteiger charge is -2.30. The van der Waals surface area contributed by atoms with E-state index in [1.807, 2.05) is 0 Å². The molecule has 106 valence electrons. The summed E-state index contributed by atoms with van der Waals surface area (Å²) in [5.74, 6) is 0. The maximum absolute atomic E-state index is 11.8. The summed E-state index contributed by atoms with van der Waals surface area (Å²) in [4.78, 5) is 16.1. The molecule has 0 aromatic carbocycles. The number of aliphatic hydroxyl groups is 1. The number of pyridine rings is 1. The Kier molecular flexibility index (Phi) is 4.92. The molecule has 6 heteroatoms. The van der Waals surface area contributed by atoms with E-state index in [4.69, 9.17) is 4.74 Å². The summed E-state index contributed by atoms with van der Waals surface area (Å²) in [5, 5.41) is 12.2. The lowest BCUT2D eigenvalue weighted by molar-refractivity contribution is 0.0407. The number of amides is 1. The lowest BCUT2D eigenvalue weighted by atomic mass is 9.98. The van der Waals surface area contributed by atoms with Crippen molar-refractivity contribution in [1.29, 1.82) is 0 Å². The Morgan fingerprint density at radius 1 is 1.42 bits per heavy atom. The topological polar surface area (TPSA) is 71.5 Å². The first-order chi connectivity index (χ1) is 8.66. The molecule has 1 heterocycles. The molecule has 1 atom stereocenters. The van der Waals surface area contributed by atoms with Crippen molar-refractivity contribution in [2.24, 2.45) is 0 Å². The molecule has 1 aromatic heterocycles. The summed E-state index contributed by atoms with van der Waals surface area (Å²) in [5.41, 5.74) is -1.03. The lowest BCUT2D eigenvalue weighted by Crippen LogP contribution is -2.48. The van der Waals surface area contributed by atoms with Gasteiger partial charge >= 0.3 is 6.09 Å². The Hall–Kier alpha value is -1.14.